The number of para-hydroxylation sites is 1. The molecule has 0 saturated heterocycles. The zero-order valence-electron chi connectivity index (χ0n) is 12.8. The standard InChI is InChI=1S/C18H15ClN2O2/c1-21(23-2)18(22)14-11-17(13-8-3-5-9-15(13)19)20-16-10-6-4-7-12(14)16/h3-11H,1-2H3. The van der Waals surface area contributed by atoms with E-state index in [0.717, 1.165) is 16.5 Å². The fourth-order valence-electron chi connectivity index (χ4n) is 2.41. The van der Waals surface area contributed by atoms with Crippen molar-refractivity contribution in [2.24, 2.45) is 0 Å². The maximum atomic E-state index is 12.6. The zero-order valence-corrected chi connectivity index (χ0v) is 13.5. The van der Waals surface area contributed by atoms with Crippen molar-refractivity contribution in [1.29, 1.82) is 0 Å². The summed E-state index contributed by atoms with van der Waals surface area (Å²) in [5, 5.41) is 2.56. The van der Waals surface area contributed by atoms with Gasteiger partial charge in [0, 0.05) is 23.0 Å². The second kappa shape index (κ2) is 6.36. The van der Waals surface area contributed by atoms with Crippen LogP contribution in [-0.4, -0.2) is 30.1 Å². The summed E-state index contributed by atoms with van der Waals surface area (Å²) in [7, 11) is 3.03. The van der Waals surface area contributed by atoms with Gasteiger partial charge in [0.2, 0.25) is 0 Å². The number of hydroxylamine groups is 2. The lowest BCUT2D eigenvalue weighted by atomic mass is 10.0. The number of carbonyl (C=O) groups excluding carboxylic acids is 1. The van der Waals surface area contributed by atoms with E-state index < -0.39 is 0 Å². The SMILES string of the molecule is CON(C)C(=O)c1cc(-c2ccccc2Cl)nc2ccccc12. The number of hydrogen-bond donors (Lipinski definition) is 0. The van der Waals surface area contributed by atoms with E-state index in [1.54, 1.807) is 19.2 Å². The zero-order chi connectivity index (χ0) is 16.4. The second-order valence-electron chi connectivity index (χ2n) is 5.04. The summed E-state index contributed by atoms with van der Waals surface area (Å²) in [5.41, 5.74) is 2.70. The Balaban J connectivity index is 2.26. The molecule has 0 spiro atoms. The fourth-order valence-corrected chi connectivity index (χ4v) is 2.64. The Morgan fingerprint density at radius 1 is 1.13 bits per heavy atom. The van der Waals surface area contributed by atoms with Crippen LogP contribution in [0.15, 0.2) is 54.6 Å². The molecule has 4 nitrogen and oxygen atoms in total. The number of benzene rings is 2. The first kappa shape index (κ1) is 15.5. The van der Waals surface area contributed by atoms with Gasteiger partial charge in [-0.1, -0.05) is 48.0 Å². The van der Waals surface area contributed by atoms with Crippen LogP contribution in [0.3, 0.4) is 0 Å². The quantitative estimate of drug-likeness (QED) is 0.678. The van der Waals surface area contributed by atoms with Crippen LogP contribution in [0.2, 0.25) is 5.02 Å². The van der Waals surface area contributed by atoms with Crippen LogP contribution in [0.25, 0.3) is 22.2 Å². The molecule has 1 heterocycles. The molecule has 0 aliphatic carbocycles. The highest BCUT2D eigenvalue weighted by Crippen LogP contribution is 2.30. The van der Waals surface area contributed by atoms with Gasteiger partial charge in [-0.2, -0.15) is 0 Å². The van der Waals surface area contributed by atoms with E-state index in [2.05, 4.69) is 4.98 Å². The van der Waals surface area contributed by atoms with E-state index in [9.17, 15) is 4.79 Å². The lowest BCUT2D eigenvalue weighted by Crippen LogP contribution is -2.25. The number of rotatable bonds is 3. The Morgan fingerprint density at radius 3 is 2.57 bits per heavy atom. The lowest BCUT2D eigenvalue weighted by Gasteiger charge is -2.16. The number of hydrogen-bond acceptors (Lipinski definition) is 3. The number of nitrogens with zero attached hydrogens (tertiary/aromatic N) is 2. The lowest BCUT2D eigenvalue weighted by molar-refractivity contribution is -0.0755. The predicted octanol–water partition coefficient (Wildman–Crippen LogP) is 4.19. The van der Waals surface area contributed by atoms with Crippen molar-refractivity contribution in [3.63, 3.8) is 0 Å². The van der Waals surface area contributed by atoms with Gasteiger partial charge < -0.3 is 0 Å². The third kappa shape index (κ3) is 2.91. The third-order valence-corrected chi connectivity index (χ3v) is 3.99. The van der Waals surface area contributed by atoms with Gasteiger partial charge in [-0.25, -0.2) is 10.0 Å². The van der Waals surface area contributed by atoms with Gasteiger partial charge in [-0.05, 0) is 18.2 Å². The number of aromatic nitrogens is 1. The molecular formula is C18H15ClN2O2. The first-order valence-corrected chi connectivity index (χ1v) is 7.46. The Bertz CT molecular complexity index is 880. The van der Waals surface area contributed by atoms with Gasteiger partial charge in [0.25, 0.3) is 5.91 Å². The summed E-state index contributed by atoms with van der Waals surface area (Å²) in [5.74, 6) is -0.237. The van der Waals surface area contributed by atoms with Crippen LogP contribution in [0, 0.1) is 0 Å². The molecule has 0 fully saturated rings. The maximum absolute atomic E-state index is 12.6. The Kier molecular flexibility index (Phi) is 4.28. The molecule has 0 aliphatic rings. The van der Waals surface area contributed by atoms with Crippen molar-refractivity contribution < 1.29 is 9.63 Å². The van der Waals surface area contributed by atoms with E-state index >= 15 is 0 Å². The van der Waals surface area contributed by atoms with Crippen LogP contribution >= 0.6 is 11.6 Å². The van der Waals surface area contributed by atoms with Crippen LogP contribution in [0.5, 0.6) is 0 Å². The van der Waals surface area contributed by atoms with Gasteiger partial charge >= 0.3 is 0 Å². The monoisotopic (exact) mass is 326 g/mol. The topological polar surface area (TPSA) is 42.4 Å². The predicted molar refractivity (Wildman–Crippen MR) is 91.3 cm³/mol. The van der Waals surface area contributed by atoms with Crippen LogP contribution in [-0.2, 0) is 4.84 Å². The molecule has 3 aromatic rings. The number of pyridine rings is 1. The minimum absolute atomic E-state index is 0.237. The average Bonchev–Trinajstić information content (AvgIpc) is 2.59. The van der Waals surface area contributed by atoms with Crippen molar-refractivity contribution in [2.45, 2.75) is 0 Å². The van der Waals surface area contributed by atoms with Crippen molar-refractivity contribution in [1.82, 2.24) is 10.0 Å². The first-order valence-electron chi connectivity index (χ1n) is 7.08. The van der Waals surface area contributed by atoms with E-state index in [4.69, 9.17) is 16.4 Å². The summed E-state index contributed by atoms with van der Waals surface area (Å²) < 4.78 is 0. The molecule has 0 atom stereocenters. The number of fused-ring (bicyclic) bond motifs is 1. The van der Waals surface area contributed by atoms with Gasteiger partial charge in [0.05, 0.1) is 23.9 Å². The summed E-state index contributed by atoms with van der Waals surface area (Å²) in [6.07, 6.45) is 0. The maximum Gasteiger partial charge on any atom is 0.277 e. The van der Waals surface area contributed by atoms with Crippen LogP contribution < -0.4 is 0 Å². The molecule has 3 rings (SSSR count). The molecule has 1 aromatic heterocycles. The van der Waals surface area contributed by atoms with Gasteiger partial charge in [-0.15, -0.1) is 0 Å². The van der Waals surface area contributed by atoms with E-state index in [1.807, 2.05) is 42.5 Å². The number of halogens is 1. The van der Waals surface area contributed by atoms with Crippen molar-refractivity contribution >= 4 is 28.4 Å². The van der Waals surface area contributed by atoms with Gasteiger partial charge in [-0.3, -0.25) is 9.63 Å². The molecule has 2 aromatic carbocycles. The second-order valence-corrected chi connectivity index (χ2v) is 5.44. The summed E-state index contributed by atoms with van der Waals surface area (Å²) in [6, 6.07) is 16.7. The molecule has 0 unspecified atom stereocenters. The Hall–Kier alpha value is -2.43. The molecule has 1 amide bonds. The first-order chi connectivity index (χ1) is 11.1. The fraction of sp³-hybridized carbons (Fsp3) is 0.111. The Morgan fingerprint density at radius 2 is 1.83 bits per heavy atom. The van der Waals surface area contributed by atoms with Crippen molar-refractivity contribution in [2.75, 3.05) is 14.2 Å². The van der Waals surface area contributed by atoms with Gasteiger partial charge in [0.15, 0.2) is 0 Å². The van der Waals surface area contributed by atoms with E-state index in [1.165, 1.54) is 12.2 Å². The molecule has 0 radical (unpaired) electrons. The smallest absolute Gasteiger partial charge is 0.274 e. The van der Waals surface area contributed by atoms with Crippen LogP contribution in [0.1, 0.15) is 10.4 Å². The van der Waals surface area contributed by atoms with Gasteiger partial charge in [0.1, 0.15) is 0 Å². The van der Waals surface area contributed by atoms with Crippen molar-refractivity contribution in [3.8, 4) is 11.3 Å². The Labute approximate surface area is 139 Å². The minimum Gasteiger partial charge on any atom is -0.274 e. The van der Waals surface area contributed by atoms with E-state index in [-0.39, 0.29) is 5.91 Å². The summed E-state index contributed by atoms with van der Waals surface area (Å²) >= 11 is 6.27. The molecule has 23 heavy (non-hydrogen) atoms. The number of amides is 1. The highest BCUT2D eigenvalue weighted by Gasteiger charge is 2.18. The minimum atomic E-state index is -0.237. The molecule has 0 aliphatic heterocycles. The highest BCUT2D eigenvalue weighted by molar-refractivity contribution is 6.33. The summed E-state index contributed by atoms with van der Waals surface area (Å²) in [4.78, 5) is 22.3. The average molecular weight is 327 g/mol. The molecule has 0 N–H and O–H groups in total. The molecule has 116 valence electrons. The largest absolute Gasteiger partial charge is 0.277 e. The van der Waals surface area contributed by atoms with E-state index in [0.29, 0.717) is 16.3 Å². The van der Waals surface area contributed by atoms with Crippen molar-refractivity contribution in [3.05, 3.63) is 65.2 Å². The normalized spacial score (nSPS) is 10.7. The molecule has 0 saturated carbocycles. The highest BCUT2D eigenvalue weighted by atomic mass is 35.5. The van der Waals surface area contributed by atoms with Crippen LogP contribution in [0.4, 0.5) is 0 Å². The third-order valence-electron chi connectivity index (χ3n) is 3.66. The molecule has 5 heteroatoms. The number of carbonyl (C=O) groups is 1. The molecule has 0 bridgehead atoms. The molecular weight excluding hydrogens is 312 g/mol. The summed E-state index contributed by atoms with van der Waals surface area (Å²) in [6.45, 7) is 0.